The largest absolute Gasteiger partial charge is 0.466 e. The first kappa shape index (κ1) is 13.4. The molecule has 2 heterocycles. The van der Waals surface area contributed by atoms with Crippen molar-refractivity contribution in [2.24, 2.45) is 0 Å². The molecule has 3 rings (SSSR count). The SMILES string of the molecule is COC(=O)C1=C(C)Nc2ncnn2[C@@H]1c1ccc(C)cc1. The van der Waals surface area contributed by atoms with E-state index in [-0.39, 0.29) is 12.0 Å². The number of carbonyl (C=O) groups excluding carboxylic acids is 1. The quantitative estimate of drug-likeness (QED) is 0.855. The zero-order chi connectivity index (χ0) is 15.0. The number of ether oxygens (including phenoxy) is 1. The van der Waals surface area contributed by atoms with Gasteiger partial charge in [0.25, 0.3) is 0 Å². The lowest BCUT2D eigenvalue weighted by Crippen LogP contribution is -2.29. The fourth-order valence-electron chi connectivity index (χ4n) is 2.52. The smallest absolute Gasteiger partial charge is 0.338 e. The van der Waals surface area contributed by atoms with Crippen LogP contribution in [0.25, 0.3) is 0 Å². The molecule has 0 bridgehead atoms. The highest BCUT2D eigenvalue weighted by molar-refractivity contribution is 5.92. The topological polar surface area (TPSA) is 69.0 Å². The minimum Gasteiger partial charge on any atom is -0.466 e. The molecule has 21 heavy (non-hydrogen) atoms. The molecule has 0 saturated carbocycles. The van der Waals surface area contributed by atoms with Crippen LogP contribution in [0.4, 0.5) is 5.95 Å². The fourth-order valence-corrected chi connectivity index (χ4v) is 2.52. The molecule has 1 aliphatic heterocycles. The van der Waals surface area contributed by atoms with E-state index >= 15 is 0 Å². The summed E-state index contributed by atoms with van der Waals surface area (Å²) < 4.78 is 6.63. The number of esters is 1. The van der Waals surface area contributed by atoms with E-state index in [1.165, 1.54) is 13.4 Å². The number of benzene rings is 1. The highest BCUT2D eigenvalue weighted by Crippen LogP contribution is 2.34. The van der Waals surface area contributed by atoms with Crippen molar-refractivity contribution < 1.29 is 9.53 Å². The average Bonchev–Trinajstić information content (AvgIpc) is 2.94. The summed E-state index contributed by atoms with van der Waals surface area (Å²) in [7, 11) is 1.38. The third-order valence-electron chi connectivity index (χ3n) is 3.59. The van der Waals surface area contributed by atoms with E-state index < -0.39 is 0 Å². The molecule has 6 nitrogen and oxygen atoms in total. The van der Waals surface area contributed by atoms with Gasteiger partial charge in [-0.1, -0.05) is 29.8 Å². The van der Waals surface area contributed by atoms with Gasteiger partial charge in [-0.2, -0.15) is 10.1 Å². The maximum absolute atomic E-state index is 12.2. The molecule has 0 amide bonds. The highest BCUT2D eigenvalue weighted by Gasteiger charge is 2.33. The van der Waals surface area contributed by atoms with Gasteiger partial charge in [-0.3, -0.25) is 0 Å². The summed E-state index contributed by atoms with van der Waals surface area (Å²) in [4.78, 5) is 16.4. The van der Waals surface area contributed by atoms with Crippen LogP contribution < -0.4 is 5.32 Å². The van der Waals surface area contributed by atoms with Crippen LogP contribution in [-0.2, 0) is 9.53 Å². The standard InChI is InChI=1S/C15H16N4O2/c1-9-4-6-11(7-5-9)13-12(14(20)21-3)10(2)18-15-16-8-17-19(13)15/h4-8,13H,1-3H3,(H,16,17,18)/t13-/m1/s1. The van der Waals surface area contributed by atoms with Crippen molar-refractivity contribution in [1.29, 1.82) is 0 Å². The zero-order valence-electron chi connectivity index (χ0n) is 12.1. The van der Waals surface area contributed by atoms with Crippen molar-refractivity contribution in [1.82, 2.24) is 14.8 Å². The second kappa shape index (κ2) is 5.05. The summed E-state index contributed by atoms with van der Waals surface area (Å²) >= 11 is 0. The fraction of sp³-hybridized carbons (Fsp3) is 0.267. The van der Waals surface area contributed by atoms with Gasteiger partial charge in [0.15, 0.2) is 0 Å². The van der Waals surface area contributed by atoms with Crippen molar-refractivity contribution in [2.75, 3.05) is 12.4 Å². The first-order valence-corrected chi connectivity index (χ1v) is 6.64. The molecule has 1 aliphatic rings. The summed E-state index contributed by atoms with van der Waals surface area (Å²) in [6.45, 7) is 3.86. The Morgan fingerprint density at radius 1 is 1.29 bits per heavy atom. The molecule has 1 N–H and O–H groups in total. The lowest BCUT2D eigenvalue weighted by molar-refractivity contribution is -0.136. The van der Waals surface area contributed by atoms with Gasteiger partial charge in [0.05, 0.1) is 12.7 Å². The van der Waals surface area contributed by atoms with Crippen LogP contribution in [0.3, 0.4) is 0 Å². The van der Waals surface area contributed by atoms with Crippen molar-refractivity contribution in [3.8, 4) is 0 Å². The molecule has 6 heteroatoms. The molecule has 1 aromatic heterocycles. The number of carbonyl (C=O) groups is 1. The predicted octanol–water partition coefficient (Wildman–Crippen LogP) is 2.05. The van der Waals surface area contributed by atoms with E-state index in [2.05, 4.69) is 15.4 Å². The number of methoxy groups -OCH3 is 1. The van der Waals surface area contributed by atoms with Crippen molar-refractivity contribution in [3.05, 3.63) is 53.0 Å². The Kier molecular flexibility index (Phi) is 3.21. The molecule has 2 aromatic rings. The number of aromatic nitrogens is 3. The Morgan fingerprint density at radius 2 is 2.00 bits per heavy atom. The maximum Gasteiger partial charge on any atom is 0.338 e. The average molecular weight is 284 g/mol. The summed E-state index contributed by atoms with van der Waals surface area (Å²) in [5.74, 6) is 0.248. The third kappa shape index (κ3) is 2.18. The van der Waals surface area contributed by atoms with Crippen LogP contribution in [0.5, 0.6) is 0 Å². The molecule has 1 aromatic carbocycles. The second-order valence-electron chi connectivity index (χ2n) is 5.00. The zero-order valence-corrected chi connectivity index (χ0v) is 12.1. The van der Waals surface area contributed by atoms with E-state index in [4.69, 9.17) is 4.74 Å². The molecule has 0 aliphatic carbocycles. The summed E-state index contributed by atoms with van der Waals surface area (Å²) in [5, 5.41) is 7.32. The Balaban J connectivity index is 2.17. The Morgan fingerprint density at radius 3 is 2.67 bits per heavy atom. The lowest BCUT2D eigenvalue weighted by Gasteiger charge is -2.27. The number of allylic oxidation sites excluding steroid dienone is 1. The number of hydrogen-bond donors (Lipinski definition) is 1. The van der Waals surface area contributed by atoms with Gasteiger partial charge >= 0.3 is 5.97 Å². The van der Waals surface area contributed by atoms with Crippen LogP contribution in [0, 0.1) is 6.92 Å². The first-order chi connectivity index (χ1) is 10.1. The molecular formula is C15H16N4O2. The van der Waals surface area contributed by atoms with Gasteiger partial charge in [-0.15, -0.1) is 0 Å². The lowest BCUT2D eigenvalue weighted by atomic mass is 9.95. The molecule has 0 radical (unpaired) electrons. The number of rotatable bonds is 2. The van der Waals surface area contributed by atoms with E-state index in [0.717, 1.165) is 16.8 Å². The Bertz CT molecular complexity index is 716. The van der Waals surface area contributed by atoms with Gasteiger partial charge in [0.2, 0.25) is 5.95 Å². The predicted molar refractivity (Wildman–Crippen MR) is 77.7 cm³/mol. The van der Waals surface area contributed by atoms with Crippen LogP contribution >= 0.6 is 0 Å². The summed E-state index contributed by atoms with van der Waals surface area (Å²) in [5.41, 5.74) is 3.40. The molecular weight excluding hydrogens is 268 g/mol. The normalized spacial score (nSPS) is 17.2. The number of anilines is 1. The van der Waals surface area contributed by atoms with Gasteiger partial charge in [-0.05, 0) is 19.4 Å². The first-order valence-electron chi connectivity index (χ1n) is 6.64. The third-order valence-corrected chi connectivity index (χ3v) is 3.59. The van der Waals surface area contributed by atoms with Crippen LogP contribution in [0.2, 0.25) is 0 Å². The summed E-state index contributed by atoms with van der Waals surface area (Å²) in [6.07, 6.45) is 1.47. The van der Waals surface area contributed by atoms with Crippen LogP contribution in [-0.4, -0.2) is 27.8 Å². The second-order valence-corrected chi connectivity index (χ2v) is 5.00. The van der Waals surface area contributed by atoms with Crippen molar-refractivity contribution in [3.63, 3.8) is 0 Å². The van der Waals surface area contributed by atoms with E-state index in [0.29, 0.717) is 11.5 Å². The van der Waals surface area contributed by atoms with E-state index in [9.17, 15) is 4.79 Å². The molecule has 0 spiro atoms. The monoisotopic (exact) mass is 284 g/mol. The van der Waals surface area contributed by atoms with Gasteiger partial charge in [0.1, 0.15) is 12.4 Å². The summed E-state index contributed by atoms with van der Waals surface area (Å²) in [6, 6.07) is 7.67. The molecule has 108 valence electrons. The molecule has 0 saturated heterocycles. The number of aryl methyl sites for hydroxylation is 1. The highest BCUT2D eigenvalue weighted by atomic mass is 16.5. The maximum atomic E-state index is 12.2. The minimum absolute atomic E-state index is 0.336. The number of nitrogens with one attached hydrogen (secondary N) is 1. The molecule has 0 fully saturated rings. The Labute approximate surface area is 122 Å². The minimum atomic E-state index is -0.369. The number of fused-ring (bicyclic) bond motifs is 1. The number of nitrogens with zero attached hydrogens (tertiary/aromatic N) is 3. The van der Waals surface area contributed by atoms with E-state index in [1.807, 2.05) is 38.1 Å². The number of hydrogen-bond acceptors (Lipinski definition) is 5. The molecule has 0 unspecified atom stereocenters. The van der Waals surface area contributed by atoms with Crippen LogP contribution in [0.15, 0.2) is 41.9 Å². The van der Waals surface area contributed by atoms with Crippen LogP contribution in [0.1, 0.15) is 24.1 Å². The van der Waals surface area contributed by atoms with Crippen molar-refractivity contribution >= 4 is 11.9 Å². The van der Waals surface area contributed by atoms with Gasteiger partial charge in [-0.25, -0.2) is 9.48 Å². The van der Waals surface area contributed by atoms with Crippen molar-refractivity contribution in [2.45, 2.75) is 19.9 Å². The molecule has 1 atom stereocenters. The van der Waals surface area contributed by atoms with Gasteiger partial charge in [0, 0.05) is 5.70 Å². The van der Waals surface area contributed by atoms with E-state index in [1.54, 1.807) is 4.68 Å². The Hall–Kier alpha value is -2.63. The van der Waals surface area contributed by atoms with Gasteiger partial charge < -0.3 is 10.1 Å².